The van der Waals surface area contributed by atoms with Crippen LogP contribution in [0, 0.1) is 6.92 Å². The first-order chi connectivity index (χ1) is 7.84. The highest BCUT2D eigenvalue weighted by molar-refractivity contribution is 5.79. The van der Waals surface area contributed by atoms with Gasteiger partial charge in [-0.1, -0.05) is 41.4 Å². The number of oxime groups is 1. The molecule has 1 aromatic carbocycles. The Kier molecular flexibility index (Phi) is 3.97. The molecule has 0 unspecified atom stereocenters. The molecule has 2 nitrogen and oxygen atoms in total. The molecule has 0 spiro atoms. The van der Waals surface area contributed by atoms with E-state index in [1.54, 1.807) is 6.21 Å². The average molecular weight is 217 g/mol. The quantitative estimate of drug-likeness (QED) is 0.559. The SMILES string of the molecule is Cc1ccc(C=NOC2CCCCC2)cc1. The van der Waals surface area contributed by atoms with Crippen molar-refractivity contribution in [2.45, 2.75) is 45.1 Å². The van der Waals surface area contributed by atoms with Crippen molar-refractivity contribution in [1.82, 2.24) is 0 Å². The highest BCUT2D eigenvalue weighted by Crippen LogP contribution is 2.20. The highest BCUT2D eigenvalue weighted by Gasteiger charge is 2.13. The molecule has 1 aromatic rings. The summed E-state index contributed by atoms with van der Waals surface area (Å²) >= 11 is 0. The molecule has 0 heterocycles. The second-order valence-corrected chi connectivity index (χ2v) is 4.51. The molecule has 0 aromatic heterocycles. The van der Waals surface area contributed by atoms with Crippen LogP contribution in [0.5, 0.6) is 0 Å². The lowest BCUT2D eigenvalue weighted by molar-refractivity contribution is 0.0340. The third kappa shape index (κ3) is 3.37. The molecular formula is C14H19NO. The summed E-state index contributed by atoms with van der Waals surface area (Å²) in [5, 5.41) is 4.07. The Morgan fingerprint density at radius 3 is 2.50 bits per heavy atom. The fourth-order valence-electron chi connectivity index (χ4n) is 2.00. The van der Waals surface area contributed by atoms with Crippen LogP contribution >= 0.6 is 0 Å². The Labute approximate surface area is 97.3 Å². The summed E-state index contributed by atoms with van der Waals surface area (Å²) in [5.41, 5.74) is 2.37. The first-order valence-corrected chi connectivity index (χ1v) is 6.10. The predicted octanol–water partition coefficient (Wildman–Crippen LogP) is 3.68. The van der Waals surface area contributed by atoms with Crippen molar-refractivity contribution < 1.29 is 4.84 Å². The molecule has 1 fully saturated rings. The lowest BCUT2D eigenvalue weighted by atomic mass is 9.98. The Hall–Kier alpha value is -1.31. The number of aryl methyl sites for hydroxylation is 1. The van der Waals surface area contributed by atoms with Gasteiger partial charge in [-0.2, -0.15) is 0 Å². The van der Waals surface area contributed by atoms with Crippen molar-refractivity contribution in [3.05, 3.63) is 35.4 Å². The van der Waals surface area contributed by atoms with Crippen molar-refractivity contribution in [3.8, 4) is 0 Å². The van der Waals surface area contributed by atoms with E-state index in [9.17, 15) is 0 Å². The van der Waals surface area contributed by atoms with E-state index in [4.69, 9.17) is 4.84 Å². The third-order valence-corrected chi connectivity index (χ3v) is 3.04. The third-order valence-electron chi connectivity index (χ3n) is 3.04. The summed E-state index contributed by atoms with van der Waals surface area (Å²) in [4.78, 5) is 5.49. The maximum atomic E-state index is 5.49. The van der Waals surface area contributed by atoms with Crippen LogP contribution < -0.4 is 0 Å². The van der Waals surface area contributed by atoms with Crippen molar-refractivity contribution in [1.29, 1.82) is 0 Å². The fourth-order valence-corrected chi connectivity index (χ4v) is 2.00. The van der Waals surface area contributed by atoms with Gasteiger partial charge in [0.15, 0.2) is 0 Å². The van der Waals surface area contributed by atoms with Crippen molar-refractivity contribution >= 4 is 6.21 Å². The molecule has 0 bridgehead atoms. The molecule has 16 heavy (non-hydrogen) atoms. The van der Waals surface area contributed by atoms with Crippen LogP contribution in [0.1, 0.15) is 43.2 Å². The lowest BCUT2D eigenvalue weighted by Gasteiger charge is -2.18. The molecule has 0 N–H and O–H groups in total. The van der Waals surface area contributed by atoms with Gasteiger partial charge in [-0.05, 0) is 38.2 Å². The Morgan fingerprint density at radius 2 is 1.81 bits per heavy atom. The van der Waals surface area contributed by atoms with Crippen LogP contribution in [0.2, 0.25) is 0 Å². The Morgan fingerprint density at radius 1 is 1.12 bits per heavy atom. The van der Waals surface area contributed by atoms with Crippen LogP contribution in [0.25, 0.3) is 0 Å². The van der Waals surface area contributed by atoms with Gasteiger partial charge in [-0.25, -0.2) is 0 Å². The maximum absolute atomic E-state index is 5.49. The number of hydrogen-bond donors (Lipinski definition) is 0. The van der Waals surface area contributed by atoms with Gasteiger partial charge in [-0.3, -0.25) is 0 Å². The Balaban J connectivity index is 1.82. The molecule has 0 amide bonds. The number of nitrogens with zero attached hydrogens (tertiary/aromatic N) is 1. The zero-order valence-corrected chi connectivity index (χ0v) is 9.86. The van der Waals surface area contributed by atoms with Gasteiger partial charge in [-0.15, -0.1) is 0 Å². The smallest absolute Gasteiger partial charge is 0.127 e. The summed E-state index contributed by atoms with van der Waals surface area (Å²) in [5.74, 6) is 0. The molecule has 2 rings (SSSR count). The molecule has 0 aliphatic heterocycles. The largest absolute Gasteiger partial charge is 0.393 e. The standard InChI is InChI=1S/C14H19NO/c1-12-7-9-13(10-8-12)11-15-16-14-5-3-2-4-6-14/h7-11,14H,2-6H2,1H3. The van der Waals surface area contributed by atoms with Gasteiger partial charge in [0.1, 0.15) is 6.10 Å². The molecule has 1 aliphatic carbocycles. The summed E-state index contributed by atoms with van der Waals surface area (Å²) in [6.07, 6.45) is 8.37. The van der Waals surface area contributed by atoms with E-state index in [2.05, 4.69) is 36.3 Å². The van der Waals surface area contributed by atoms with E-state index in [0.717, 1.165) is 18.4 Å². The van der Waals surface area contributed by atoms with Gasteiger partial charge >= 0.3 is 0 Å². The number of hydrogen-bond acceptors (Lipinski definition) is 2. The van der Waals surface area contributed by atoms with E-state index < -0.39 is 0 Å². The van der Waals surface area contributed by atoms with Gasteiger partial charge in [0, 0.05) is 0 Å². The van der Waals surface area contributed by atoms with E-state index >= 15 is 0 Å². The first-order valence-electron chi connectivity index (χ1n) is 6.10. The zero-order chi connectivity index (χ0) is 11.2. The normalized spacial score (nSPS) is 17.8. The van der Waals surface area contributed by atoms with Crippen molar-refractivity contribution in [2.75, 3.05) is 0 Å². The Bertz CT molecular complexity index is 336. The molecular weight excluding hydrogens is 198 g/mol. The summed E-state index contributed by atoms with van der Waals surface area (Å²) in [7, 11) is 0. The number of rotatable bonds is 3. The van der Waals surface area contributed by atoms with Gasteiger partial charge in [0.25, 0.3) is 0 Å². The second-order valence-electron chi connectivity index (χ2n) is 4.51. The van der Waals surface area contributed by atoms with Crippen LogP contribution in [0.3, 0.4) is 0 Å². The van der Waals surface area contributed by atoms with Crippen LogP contribution in [0.15, 0.2) is 29.4 Å². The van der Waals surface area contributed by atoms with E-state index in [1.807, 2.05) is 0 Å². The highest BCUT2D eigenvalue weighted by atomic mass is 16.6. The van der Waals surface area contributed by atoms with E-state index in [-0.39, 0.29) is 0 Å². The van der Waals surface area contributed by atoms with Crippen molar-refractivity contribution in [3.63, 3.8) is 0 Å². The molecule has 0 atom stereocenters. The second kappa shape index (κ2) is 5.69. The average Bonchev–Trinajstić information content (AvgIpc) is 2.33. The summed E-state index contributed by atoms with van der Waals surface area (Å²) in [6.45, 7) is 2.08. The number of benzene rings is 1. The first kappa shape index (κ1) is 11.2. The minimum Gasteiger partial charge on any atom is -0.393 e. The minimum absolute atomic E-state index is 0.343. The van der Waals surface area contributed by atoms with Gasteiger partial charge < -0.3 is 4.84 Å². The van der Waals surface area contributed by atoms with Crippen LogP contribution in [-0.2, 0) is 4.84 Å². The zero-order valence-electron chi connectivity index (χ0n) is 9.86. The lowest BCUT2D eigenvalue weighted by Crippen LogP contribution is -2.13. The van der Waals surface area contributed by atoms with E-state index in [0.29, 0.717) is 6.10 Å². The predicted molar refractivity (Wildman–Crippen MR) is 66.7 cm³/mol. The molecule has 0 radical (unpaired) electrons. The topological polar surface area (TPSA) is 21.6 Å². The summed E-state index contributed by atoms with van der Waals surface area (Å²) in [6, 6.07) is 8.29. The molecule has 1 saturated carbocycles. The van der Waals surface area contributed by atoms with Gasteiger partial charge in [0.05, 0.1) is 6.21 Å². The molecule has 0 saturated heterocycles. The maximum Gasteiger partial charge on any atom is 0.127 e. The van der Waals surface area contributed by atoms with Crippen LogP contribution in [0.4, 0.5) is 0 Å². The van der Waals surface area contributed by atoms with Crippen LogP contribution in [-0.4, -0.2) is 12.3 Å². The monoisotopic (exact) mass is 217 g/mol. The van der Waals surface area contributed by atoms with E-state index in [1.165, 1.54) is 24.8 Å². The minimum atomic E-state index is 0.343. The fraction of sp³-hybridized carbons (Fsp3) is 0.500. The molecule has 86 valence electrons. The summed E-state index contributed by atoms with van der Waals surface area (Å²) < 4.78 is 0. The van der Waals surface area contributed by atoms with Gasteiger partial charge in [0.2, 0.25) is 0 Å². The van der Waals surface area contributed by atoms with Crippen molar-refractivity contribution in [2.24, 2.45) is 5.16 Å². The molecule has 2 heteroatoms. The molecule has 1 aliphatic rings.